The van der Waals surface area contributed by atoms with E-state index in [1.165, 1.54) is 0 Å². The van der Waals surface area contributed by atoms with Crippen LogP contribution in [0.15, 0.2) is 55.6 Å². The zero-order valence-corrected chi connectivity index (χ0v) is 28.6. The van der Waals surface area contributed by atoms with Crippen LogP contribution in [0.1, 0.15) is 89.7 Å². The molecule has 1 aromatic rings. The molecule has 3 saturated heterocycles. The molecule has 10 heteroatoms. The van der Waals surface area contributed by atoms with Crippen LogP contribution in [0.2, 0.25) is 0 Å². The first-order chi connectivity index (χ1) is 23.2. The number of amides is 3. The Balaban J connectivity index is 1.47. The van der Waals surface area contributed by atoms with Gasteiger partial charge in [-0.25, -0.2) is 0 Å². The van der Waals surface area contributed by atoms with E-state index in [4.69, 9.17) is 9.47 Å². The van der Waals surface area contributed by atoms with Crippen LogP contribution in [-0.4, -0.2) is 88.1 Å². The van der Waals surface area contributed by atoms with E-state index in [2.05, 4.69) is 18.5 Å². The van der Waals surface area contributed by atoms with Crippen LogP contribution in [0, 0.1) is 17.8 Å². The number of carbonyl (C=O) groups is 4. The highest BCUT2D eigenvalue weighted by Gasteiger charge is 2.75. The van der Waals surface area contributed by atoms with Crippen molar-refractivity contribution in [1.82, 2.24) is 15.1 Å². The van der Waals surface area contributed by atoms with E-state index < -0.39 is 47.7 Å². The number of likely N-dealkylation sites (tertiary alicyclic amines) is 1. The summed E-state index contributed by atoms with van der Waals surface area (Å²) < 4.78 is 12.9. The molecule has 0 unspecified atom stereocenters. The number of fused-ring (bicyclic) bond motifs is 1. The van der Waals surface area contributed by atoms with Gasteiger partial charge in [0, 0.05) is 19.0 Å². The molecule has 4 fully saturated rings. The largest absolute Gasteiger partial charge is 0.455 e. The van der Waals surface area contributed by atoms with Crippen molar-refractivity contribution in [1.29, 1.82) is 0 Å². The SMILES string of the molecule is C=CCCC(=O)NC[C@H](OC(=O)[C@@H]1[C@@H]2CC[C@]3(O2)[C@H](C(=O)N(CC=C)C2CCCCC2)N([C@@H](CO)CC(C)C)C(=O)[C@@H]13)c1ccccc1. The third-order valence-corrected chi connectivity index (χ3v) is 10.7. The molecule has 1 aliphatic carbocycles. The topological polar surface area (TPSA) is 125 Å². The van der Waals surface area contributed by atoms with Crippen molar-refractivity contribution in [3.63, 3.8) is 0 Å². The number of hydrogen-bond acceptors (Lipinski definition) is 7. The third kappa shape index (κ3) is 7.10. The number of carbonyl (C=O) groups excluding carboxylic acids is 4. The number of benzene rings is 1. The Morgan fingerprint density at radius 1 is 1.12 bits per heavy atom. The lowest BCUT2D eigenvalue weighted by atomic mass is 9.70. The van der Waals surface area contributed by atoms with Crippen molar-refractivity contribution in [3.8, 4) is 0 Å². The minimum atomic E-state index is -1.21. The van der Waals surface area contributed by atoms with Crippen LogP contribution < -0.4 is 5.32 Å². The first-order valence-electron chi connectivity index (χ1n) is 17.8. The predicted octanol–water partition coefficient (Wildman–Crippen LogP) is 4.48. The minimum absolute atomic E-state index is 0.0296. The van der Waals surface area contributed by atoms with Crippen molar-refractivity contribution in [2.75, 3.05) is 19.7 Å². The van der Waals surface area contributed by atoms with E-state index >= 15 is 0 Å². The fourth-order valence-corrected chi connectivity index (χ4v) is 8.60. The van der Waals surface area contributed by atoms with E-state index in [9.17, 15) is 24.3 Å². The second-order valence-corrected chi connectivity index (χ2v) is 14.3. The summed E-state index contributed by atoms with van der Waals surface area (Å²) in [7, 11) is 0. The Morgan fingerprint density at radius 2 is 1.85 bits per heavy atom. The molecule has 1 saturated carbocycles. The monoisotopic (exact) mass is 663 g/mol. The van der Waals surface area contributed by atoms with Crippen LogP contribution in [0.25, 0.3) is 0 Å². The number of allylic oxidation sites excluding steroid dienone is 1. The summed E-state index contributed by atoms with van der Waals surface area (Å²) in [6.45, 7) is 11.8. The molecule has 3 heterocycles. The zero-order chi connectivity index (χ0) is 34.4. The Kier molecular flexibility index (Phi) is 11.8. The number of hydrogen-bond donors (Lipinski definition) is 2. The van der Waals surface area contributed by atoms with Gasteiger partial charge in [-0.15, -0.1) is 13.2 Å². The molecule has 4 aliphatic rings. The molecule has 2 N–H and O–H groups in total. The maximum Gasteiger partial charge on any atom is 0.313 e. The predicted molar refractivity (Wildman–Crippen MR) is 181 cm³/mol. The summed E-state index contributed by atoms with van der Waals surface area (Å²) in [5.41, 5.74) is -0.492. The smallest absolute Gasteiger partial charge is 0.313 e. The van der Waals surface area contributed by atoms with Crippen molar-refractivity contribution < 1.29 is 33.8 Å². The average Bonchev–Trinajstić information content (AvgIpc) is 3.74. The van der Waals surface area contributed by atoms with Crippen molar-refractivity contribution in [2.45, 2.75) is 114 Å². The van der Waals surface area contributed by atoms with Gasteiger partial charge in [-0.2, -0.15) is 0 Å². The first-order valence-corrected chi connectivity index (χ1v) is 17.8. The number of aliphatic hydroxyl groups excluding tert-OH is 1. The van der Waals surface area contributed by atoms with Crippen LogP contribution in [0.4, 0.5) is 0 Å². The quantitative estimate of drug-likeness (QED) is 0.197. The molecule has 10 nitrogen and oxygen atoms in total. The van der Waals surface area contributed by atoms with Crippen molar-refractivity contribution in [3.05, 3.63) is 61.2 Å². The van der Waals surface area contributed by atoms with Gasteiger partial charge in [-0.3, -0.25) is 19.2 Å². The molecule has 7 atom stereocenters. The first kappa shape index (κ1) is 35.8. The molecule has 1 spiro atoms. The highest BCUT2D eigenvalue weighted by Crippen LogP contribution is 2.59. The van der Waals surface area contributed by atoms with Crippen LogP contribution in [0.5, 0.6) is 0 Å². The van der Waals surface area contributed by atoms with Gasteiger partial charge in [-0.05, 0) is 50.0 Å². The van der Waals surface area contributed by atoms with E-state index in [0.717, 1.165) is 32.1 Å². The highest BCUT2D eigenvalue weighted by molar-refractivity contribution is 5.98. The second-order valence-electron chi connectivity index (χ2n) is 14.3. The summed E-state index contributed by atoms with van der Waals surface area (Å²) >= 11 is 0. The molecule has 2 bridgehead atoms. The van der Waals surface area contributed by atoms with E-state index in [1.807, 2.05) is 49.1 Å². The molecule has 5 rings (SSSR count). The van der Waals surface area contributed by atoms with E-state index in [-0.39, 0.29) is 49.3 Å². The molecule has 0 aromatic heterocycles. The zero-order valence-electron chi connectivity index (χ0n) is 28.6. The number of aliphatic hydroxyl groups is 1. The van der Waals surface area contributed by atoms with Gasteiger partial charge < -0.3 is 29.7 Å². The molecule has 3 aliphatic heterocycles. The van der Waals surface area contributed by atoms with Gasteiger partial charge in [-0.1, -0.05) is 75.6 Å². The number of ether oxygens (including phenoxy) is 2. The summed E-state index contributed by atoms with van der Waals surface area (Å²) in [6, 6.07) is 7.66. The maximum atomic E-state index is 14.8. The lowest BCUT2D eigenvalue weighted by Crippen LogP contribution is -2.60. The van der Waals surface area contributed by atoms with E-state index in [1.54, 1.807) is 17.1 Å². The molecule has 262 valence electrons. The fraction of sp³-hybridized carbons (Fsp3) is 0.632. The lowest BCUT2D eigenvalue weighted by molar-refractivity contribution is -0.161. The minimum Gasteiger partial charge on any atom is -0.455 e. The van der Waals surface area contributed by atoms with Gasteiger partial charge in [0.25, 0.3) is 0 Å². The lowest BCUT2D eigenvalue weighted by Gasteiger charge is -2.42. The summed E-state index contributed by atoms with van der Waals surface area (Å²) in [5.74, 6) is -2.99. The standard InChI is InChI=1S/C38H53N3O7/c1-5-7-18-31(43)39-23-30(26-14-10-8-11-15-26)47-37(46)32-29-19-20-38(48-29)33(32)35(44)41(28(24-42)22-25(3)4)34(38)36(45)40(21-6-2)27-16-12-9-13-17-27/h5-6,8,10-11,14-15,25,27-30,32-34,42H,1-2,7,9,12-13,16-24H2,3-4H3,(H,39,43)/t28-,29+,30+,32-,33-,34+,38-/m1/s1. The molecule has 48 heavy (non-hydrogen) atoms. The van der Waals surface area contributed by atoms with Crippen LogP contribution in [0.3, 0.4) is 0 Å². The van der Waals surface area contributed by atoms with Gasteiger partial charge in [0.1, 0.15) is 17.7 Å². The van der Waals surface area contributed by atoms with Gasteiger partial charge in [0.15, 0.2) is 0 Å². The Bertz CT molecular complexity index is 1330. The van der Waals surface area contributed by atoms with E-state index in [0.29, 0.717) is 37.8 Å². The van der Waals surface area contributed by atoms with Gasteiger partial charge in [0.2, 0.25) is 17.7 Å². The van der Waals surface area contributed by atoms with Crippen LogP contribution in [-0.2, 0) is 28.7 Å². The average molecular weight is 664 g/mol. The Morgan fingerprint density at radius 3 is 2.50 bits per heavy atom. The third-order valence-electron chi connectivity index (χ3n) is 10.7. The normalized spacial score (nSPS) is 27.8. The summed E-state index contributed by atoms with van der Waals surface area (Å²) in [5, 5.41) is 13.5. The Labute approximate surface area is 284 Å². The summed E-state index contributed by atoms with van der Waals surface area (Å²) in [4.78, 5) is 59.7. The maximum absolute atomic E-state index is 14.8. The number of rotatable bonds is 16. The molecule has 0 radical (unpaired) electrons. The molecular formula is C38H53N3O7. The summed E-state index contributed by atoms with van der Waals surface area (Å²) in [6.07, 6.45) is 9.26. The highest BCUT2D eigenvalue weighted by atomic mass is 16.6. The molecular weight excluding hydrogens is 610 g/mol. The molecule has 3 amide bonds. The number of nitrogens with zero attached hydrogens (tertiary/aromatic N) is 2. The Hall–Kier alpha value is -3.50. The van der Waals surface area contributed by atoms with Gasteiger partial charge >= 0.3 is 5.97 Å². The van der Waals surface area contributed by atoms with Crippen LogP contribution >= 0.6 is 0 Å². The van der Waals surface area contributed by atoms with Crippen molar-refractivity contribution in [2.24, 2.45) is 17.8 Å². The second kappa shape index (κ2) is 15.8. The molecule has 1 aromatic carbocycles. The fourth-order valence-electron chi connectivity index (χ4n) is 8.60. The number of esters is 1. The van der Waals surface area contributed by atoms with Gasteiger partial charge in [0.05, 0.1) is 37.1 Å². The number of nitrogens with one attached hydrogen (secondary N) is 1. The van der Waals surface area contributed by atoms with Crippen molar-refractivity contribution >= 4 is 23.7 Å².